The Balaban J connectivity index is 2.31. The first-order valence-corrected chi connectivity index (χ1v) is 5.93. The third kappa shape index (κ3) is 1.93. The summed E-state index contributed by atoms with van der Waals surface area (Å²) in [6, 6.07) is 11.7. The fourth-order valence-electron chi connectivity index (χ4n) is 2.03. The third-order valence-corrected chi connectivity index (χ3v) is 2.85. The van der Waals surface area contributed by atoms with E-state index in [9.17, 15) is 0 Å². The van der Waals surface area contributed by atoms with Gasteiger partial charge in [-0.25, -0.2) is 15.0 Å². The summed E-state index contributed by atoms with van der Waals surface area (Å²) < 4.78 is 1.84. The van der Waals surface area contributed by atoms with Gasteiger partial charge in [0, 0.05) is 11.9 Å². The van der Waals surface area contributed by atoms with E-state index < -0.39 is 0 Å². The Bertz CT molecular complexity index is 782. The van der Waals surface area contributed by atoms with E-state index in [1.165, 1.54) is 0 Å². The van der Waals surface area contributed by atoms with Crippen LogP contribution < -0.4 is 0 Å². The quantitative estimate of drug-likeness (QED) is 0.698. The number of imidazole rings is 1. The van der Waals surface area contributed by atoms with Crippen molar-refractivity contribution < 1.29 is 0 Å². The lowest BCUT2D eigenvalue weighted by atomic mass is 10.3. The normalized spacial score (nSPS) is 10.5. The van der Waals surface area contributed by atoms with Gasteiger partial charge >= 0.3 is 0 Å². The van der Waals surface area contributed by atoms with Gasteiger partial charge in [0.2, 0.25) is 5.95 Å². The Morgan fingerprint density at radius 1 is 1.21 bits per heavy atom. The van der Waals surface area contributed by atoms with Crippen molar-refractivity contribution in [3.05, 3.63) is 48.0 Å². The second-order valence-corrected chi connectivity index (χ2v) is 4.19. The van der Waals surface area contributed by atoms with Gasteiger partial charge in [0.25, 0.3) is 0 Å². The summed E-state index contributed by atoms with van der Waals surface area (Å²) in [5.74, 6) is 1.22. The van der Waals surface area contributed by atoms with E-state index in [4.69, 9.17) is 5.26 Å². The average Bonchev–Trinajstić information content (AvgIpc) is 2.77. The zero-order valence-electron chi connectivity index (χ0n) is 10.4. The standard InChI is InChI=1S/C14H11N5/c1-10-7-9-16-14(17-10)19-12-5-3-2-4-11(12)18-13(19)6-8-15/h2-5,7,9H,6H2,1H3. The van der Waals surface area contributed by atoms with E-state index >= 15 is 0 Å². The van der Waals surface area contributed by atoms with Gasteiger partial charge in [0.15, 0.2) is 0 Å². The third-order valence-electron chi connectivity index (χ3n) is 2.85. The van der Waals surface area contributed by atoms with Gasteiger partial charge < -0.3 is 0 Å². The lowest BCUT2D eigenvalue weighted by Crippen LogP contribution is -2.05. The summed E-state index contributed by atoms with van der Waals surface area (Å²) in [6.45, 7) is 1.91. The second-order valence-electron chi connectivity index (χ2n) is 4.19. The molecule has 0 N–H and O–H groups in total. The molecule has 0 aliphatic carbocycles. The van der Waals surface area contributed by atoms with Gasteiger partial charge in [-0.3, -0.25) is 4.57 Å². The Kier molecular flexibility index (Phi) is 2.69. The van der Waals surface area contributed by atoms with E-state index in [2.05, 4.69) is 21.0 Å². The molecular weight excluding hydrogens is 238 g/mol. The molecule has 2 heterocycles. The van der Waals surface area contributed by atoms with Crippen molar-refractivity contribution in [1.29, 1.82) is 5.26 Å². The van der Waals surface area contributed by atoms with Gasteiger partial charge in [0.05, 0.1) is 23.5 Å². The number of nitrogens with zero attached hydrogens (tertiary/aromatic N) is 5. The highest BCUT2D eigenvalue weighted by molar-refractivity contribution is 5.77. The van der Waals surface area contributed by atoms with Gasteiger partial charge in [0.1, 0.15) is 5.82 Å². The van der Waals surface area contributed by atoms with E-state index in [-0.39, 0.29) is 6.42 Å². The number of benzene rings is 1. The number of para-hydroxylation sites is 2. The average molecular weight is 249 g/mol. The molecule has 3 rings (SSSR count). The SMILES string of the molecule is Cc1ccnc(-n2c(CC#N)nc3ccccc32)n1. The Morgan fingerprint density at radius 2 is 2.05 bits per heavy atom. The monoisotopic (exact) mass is 249 g/mol. The van der Waals surface area contributed by atoms with Gasteiger partial charge in [-0.05, 0) is 25.1 Å². The molecule has 0 amide bonds. The maximum atomic E-state index is 8.93. The smallest absolute Gasteiger partial charge is 0.235 e. The van der Waals surface area contributed by atoms with E-state index in [1.807, 2.05) is 41.8 Å². The fourth-order valence-corrected chi connectivity index (χ4v) is 2.03. The van der Waals surface area contributed by atoms with Crippen LogP contribution in [0.3, 0.4) is 0 Å². The molecule has 19 heavy (non-hydrogen) atoms. The summed E-state index contributed by atoms with van der Waals surface area (Å²) in [6.07, 6.45) is 1.94. The lowest BCUT2D eigenvalue weighted by molar-refractivity contribution is 0.870. The highest BCUT2D eigenvalue weighted by Crippen LogP contribution is 2.19. The maximum Gasteiger partial charge on any atom is 0.235 e. The molecule has 5 nitrogen and oxygen atoms in total. The van der Waals surface area contributed by atoms with Crippen molar-refractivity contribution in [3.8, 4) is 12.0 Å². The van der Waals surface area contributed by atoms with Crippen LogP contribution in [0, 0.1) is 18.3 Å². The molecule has 0 fully saturated rings. The summed E-state index contributed by atoms with van der Waals surface area (Å²) in [5.41, 5.74) is 2.64. The van der Waals surface area contributed by atoms with E-state index in [0.717, 1.165) is 16.7 Å². The first-order valence-electron chi connectivity index (χ1n) is 5.93. The van der Waals surface area contributed by atoms with Gasteiger partial charge in [-0.1, -0.05) is 12.1 Å². The van der Waals surface area contributed by atoms with Crippen molar-refractivity contribution in [2.75, 3.05) is 0 Å². The van der Waals surface area contributed by atoms with Gasteiger partial charge in [-0.15, -0.1) is 0 Å². The molecule has 0 atom stereocenters. The molecule has 0 bridgehead atoms. The summed E-state index contributed by atoms with van der Waals surface area (Å²) in [4.78, 5) is 13.2. The van der Waals surface area contributed by atoms with Crippen molar-refractivity contribution in [1.82, 2.24) is 19.5 Å². The first-order chi connectivity index (χ1) is 9.29. The van der Waals surface area contributed by atoms with Crippen LogP contribution >= 0.6 is 0 Å². The molecule has 0 aliphatic heterocycles. The number of fused-ring (bicyclic) bond motifs is 1. The number of hydrogen-bond acceptors (Lipinski definition) is 4. The zero-order chi connectivity index (χ0) is 13.2. The minimum Gasteiger partial charge on any atom is -0.263 e. The second kappa shape index (κ2) is 4.50. The largest absolute Gasteiger partial charge is 0.263 e. The molecular formula is C14H11N5. The number of rotatable bonds is 2. The molecule has 0 spiro atoms. The Morgan fingerprint density at radius 3 is 2.84 bits per heavy atom. The molecule has 2 aromatic heterocycles. The van der Waals surface area contributed by atoms with Gasteiger partial charge in [-0.2, -0.15) is 5.26 Å². The van der Waals surface area contributed by atoms with Crippen LogP contribution in [0.5, 0.6) is 0 Å². The number of aromatic nitrogens is 4. The summed E-state index contributed by atoms with van der Waals surface area (Å²) >= 11 is 0. The molecule has 92 valence electrons. The van der Waals surface area contributed by atoms with E-state index in [1.54, 1.807) is 6.20 Å². The molecule has 1 aromatic carbocycles. The summed E-state index contributed by atoms with van der Waals surface area (Å²) in [5, 5.41) is 8.93. The lowest BCUT2D eigenvalue weighted by Gasteiger charge is -2.05. The summed E-state index contributed by atoms with van der Waals surface area (Å²) in [7, 11) is 0. The highest BCUT2D eigenvalue weighted by Gasteiger charge is 2.13. The van der Waals surface area contributed by atoms with Crippen molar-refractivity contribution in [2.24, 2.45) is 0 Å². The molecule has 0 saturated carbocycles. The highest BCUT2D eigenvalue weighted by atomic mass is 15.2. The van der Waals surface area contributed by atoms with Crippen LogP contribution in [0.1, 0.15) is 11.5 Å². The number of hydrogen-bond donors (Lipinski definition) is 0. The number of nitriles is 1. The molecule has 0 aliphatic rings. The van der Waals surface area contributed by atoms with Crippen LogP contribution in [0.25, 0.3) is 17.0 Å². The maximum absolute atomic E-state index is 8.93. The van der Waals surface area contributed by atoms with Crippen molar-refractivity contribution in [3.63, 3.8) is 0 Å². The minimum absolute atomic E-state index is 0.228. The zero-order valence-corrected chi connectivity index (χ0v) is 10.4. The van der Waals surface area contributed by atoms with Crippen LogP contribution in [0.15, 0.2) is 36.5 Å². The van der Waals surface area contributed by atoms with Crippen molar-refractivity contribution >= 4 is 11.0 Å². The number of aryl methyl sites for hydroxylation is 1. The Hall–Kier alpha value is -2.74. The van der Waals surface area contributed by atoms with Crippen LogP contribution in [-0.4, -0.2) is 19.5 Å². The van der Waals surface area contributed by atoms with Crippen LogP contribution in [-0.2, 0) is 6.42 Å². The fraction of sp³-hybridized carbons (Fsp3) is 0.143. The topological polar surface area (TPSA) is 67.4 Å². The van der Waals surface area contributed by atoms with Crippen molar-refractivity contribution in [2.45, 2.75) is 13.3 Å². The van der Waals surface area contributed by atoms with Crippen LogP contribution in [0.2, 0.25) is 0 Å². The first kappa shape index (κ1) is 11.4. The molecule has 0 radical (unpaired) electrons. The predicted octanol–water partition coefficient (Wildman–Crippen LogP) is 2.19. The molecule has 0 unspecified atom stereocenters. The van der Waals surface area contributed by atoms with E-state index in [0.29, 0.717) is 11.8 Å². The Labute approximate surface area is 110 Å². The van der Waals surface area contributed by atoms with Crippen LogP contribution in [0.4, 0.5) is 0 Å². The minimum atomic E-state index is 0.228. The molecule has 5 heteroatoms. The molecule has 3 aromatic rings. The predicted molar refractivity (Wildman–Crippen MR) is 70.7 cm³/mol. The molecule has 0 saturated heterocycles.